The number of hydrogen-bond donors (Lipinski definition) is 2. The number of benzene rings is 1. The molecule has 8 heteroatoms. The molecule has 116 valence electrons. The van der Waals surface area contributed by atoms with Gasteiger partial charge in [-0.3, -0.25) is 14.9 Å². The maximum atomic E-state index is 12.2. The number of nitro groups is 1. The predicted octanol–water partition coefficient (Wildman–Crippen LogP) is 2.95. The Bertz CT molecular complexity index is 714. The minimum absolute atomic E-state index is 0.162. The summed E-state index contributed by atoms with van der Waals surface area (Å²) >= 11 is 1.50. The van der Waals surface area contributed by atoms with Gasteiger partial charge >= 0.3 is 5.69 Å². The second kappa shape index (κ2) is 6.52. The molecule has 1 atom stereocenters. The molecule has 0 spiro atoms. The number of nitrogens with zero attached hydrogens (tertiary/aromatic N) is 2. The van der Waals surface area contributed by atoms with Crippen molar-refractivity contribution in [3.05, 3.63) is 50.0 Å². The summed E-state index contributed by atoms with van der Waals surface area (Å²) < 4.78 is 0. The van der Waals surface area contributed by atoms with Gasteiger partial charge in [0.25, 0.3) is 5.91 Å². The number of hydrogen-bond acceptors (Lipinski definition) is 6. The van der Waals surface area contributed by atoms with Gasteiger partial charge in [0.2, 0.25) is 0 Å². The molecule has 1 unspecified atom stereocenters. The highest BCUT2D eigenvalue weighted by atomic mass is 32.1. The summed E-state index contributed by atoms with van der Waals surface area (Å²) in [6.07, 6.45) is 2.41. The molecule has 7 nitrogen and oxygen atoms in total. The Hall–Kier alpha value is -2.48. The smallest absolute Gasteiger partial charge is 0.310 e. The molecule has 2 aromatic rings. The van der Waals surface area contributed by atoms with E-state index in [-0.39, 0.29) is 11.6 Å². The van der Waals surface area contributed by atoms with Crippen molar-refractivity contribution in [2.45, 2.75) is 26.3 Å². The van der Waals surface area contributed by atoms with Gasteiger partial charge in [-0.15, -0.1) is 11.3 Å². The first-order valence-corrected chi connectivity index (χ1v) is 7.44. The number of nitro benzene ring substituents is 1. The van der Waals surface area contributed by atoms with Crippen molar-refractivity contribution < 1.29 is 14.8 Å². The Kier molecular flexibility index (Phi) is 4.71. The fraction of sp³-hybridized carbons (Fsp3) is 0.286. The maximum absolute atomic E-state index is 12.2. The van der Waals surface area contributed by atoms with E-state index in [1.54, 1.807) is 6.20 Å². The number of amides is 1. The predicted molar refractivity (Wildman–Crippen MR) is 82.1 cm³/mol. The third-order valence-corrected chi connectivity index (χ3v) is 4.11. The third-order valence-electron chi connectivity index (χ3n) is 3.09. The van der Waals surface area contributed by atoms with Crippen LogP contribution in [0.15, 0.2) is 24.4 Å². The zero-order valence-electron chi connectivity index (χ0n) is 12.1. The topological polar surface area (TPSA) is 105 Å². The van der Waals surface area contributed by atoms with Crippen molar-refractivity contribution in [1.29, 1.82) is 0 Å². The highest BCUT2D eigenvalue weighted by Gasteiger charge is 2.20. The Morgan fingerprint density at radius 3 is 2.77 bits per heavy atom. The van der Waals surface area contributed by atoms with Crippen LogP contribution in [0.3, 0.4) is 0 Å². The summed E-state index contributed by atoms with van der Waals surface area (Å²) in [5.74, 6) is -0.944. The molecule has 0 bridgehead atoms. The first kappa shape index (κ1) is 15.9. The van der Waals surface area contributed by atoms with Crippen molar-refractivity contribution in [2.24, 2.45) is 0 Å². The van der Waals surface area contributed by atoms with Crippen molar-refractivity contribution in [2.75, 3.05) is 0 Å². The number of nitrogens with one attached hydrogen (secondary N) is 1. The number of carbonyl (C=O) groups excluding carboxylic acids is 1. The molecule has 2 rings (SSSR count). The van der Waals surface area contributed by atoms with E-state index in [1.807, 2.05) is 13.8 Å². The minimum atomic E-state index is -0.704. The summed E-state index contributed by atoms with van der Waals surface area (Å²) in [5.41, 5.74) is -0.269. The fourth-order valence-electron chi connectivity index (χ4n) is 1.93. The van der Waals surface area contributed by atoms with Gasteiger partial charge in [-0.05, 0) is 25.5 Å². The van der Waals surface area contributed by atoms with Gasteiger partial charge in [0.15, 0.2) is 5.75 Å². The molecule has 1 aromatic carbocycles. The number of rotatable bonds is 5. The molecule has 1 aromatic heterocycles. The highest BCUT2D eigenvalue weighted by Crippen LogP contribution is 2.27. The van der Waals surface area contributed by atoms with Crippen molar-refractivity contribution in [3.63, 3.8) is 0 Å². The van der Waals surface area contributed by atoms with Gasteiger partial charge in [0, 0.05) is 22.7 Å². The van der Waals surface area contributed by atoms with Gasteiger partial charge in [0.1, 0.15) is 5.01 Å². The molecule has 22 heavy (non-hydrogen) atoms. The number of carbonyl (C=O) groups is 1. The van der Waals surface area contributed by atoms with Crippen LogP contribution in [0.1, 0.15) is 39.6 Å². The van der Waals surface area contributed by atoms with E-state index in [4.69, 9.17) is 0 Å². The van der Waals surface area contributed by atoms with E-state index in [1.165, 1.54) is 17.4 Å². The largest absolute Gasteiger partial charge is 0.502 e. The summed E-state index contributed by atoms with van der Waals surface area (Å²) in [6, 6.07) is 3.28. The van der Waals surface area contributed by atoms with E-state index in [9.17, 15) is 20.0 Å². The minimum Gasteiger partial charge on any atom is -0.502 e. The number of phenolic OH excluding ortho intramolecular Hbond substituents is 1. The molecule has 0 saturated carbocycles. The lowest BCUT2D eigenvalue weighted by molar-refractivity contribution is -0.385. The number of aromatic hydroxyl groups is 1. The molecule has 0 saturated heterocycles. The molecule has 0 fully saturated rings. The van der Waals surface area contributed by atoms with E-state index < -0.39 is 22.3 Å². The molecule has 0 aliphatic heterocycles. The van der Waals surface area contributed by atoms with Crippen molar-refractivity contribution >= 4 is 22.9 Å². The Morgan fingerprint density at radius 2 is 2.27 bits per heavy atom. The Balaban J connectivity index is 2.17. The zero-order chi connectivity index (χ0) is 16.3. The van der Waals surface area contributed by atoms with Crippen LogP contribution >= 0.6 is 11.3 Å². The third kappa shape index (κ3) is 3.40. The van der Waals surface area contributed by atoms with Gasteiger partial charge in [-0.2, -0.15) is 0 Å². The van der Waals surface area contributed by atoms with Crippen LogP contribution < -0.4 is 5.32 Å². The fourth-order valence-corrected chi connectivity index (χ4v) is 2.84. The Morgan fingerprint density at radius 1 is 1.55 bits per heavy atom. The average molecular weight is 321 g/mol. The molecule has 0 aliphatic rings. The van der Waals surface area contributed by atoms with Crippen molar-refractivity contribution in [3.8, 4) is 5.75 Å². The van der Waals surface area contributed by atoms with Crippen LogP contribution in [0.25, 0.3) is 0 Å². The molecular weight excluding hydrogens is 306 g/mol. The van der Waals surface area contributed by atoms with Crippen LogP contribution in [0.2, 0.25) is 0 Å². The monoisotopic (exact) mass is 321 g/mol. The standard InChI is InChI=1S/C14H15N3O4S/c1-3-10(14-15-7-8(2)22-14)16-13(19)9-4-5-11(17(20)21)12(18)6-9/h4-7,10,18H,3H2,1-2H3,(H,16,19). The molecule has 1 heterocycles. The van der Waals surface area contributed by atoms with E-state index in [2.05, 4.69) is 10.3 Å². The molecule has 0 aliphatic carbocycles. The first-order chi connectivity index (χ1) is 10.4. The number of thiazole rings is 1. The van der Waals surface area contributed by atoms with Gasteiger partial charge in [0.05, 0.1) is 11.0 Å². The van der Waals surface area contributed by atoms with Crippen LogP contribution in [0, 0.1) is 17.0 Å². The van der Waals surface area contributed by atoms with Crippen LogP contribution in [0.4, 0.5) is 5.69 Å². The summed E-state index contributed by atoms with van der Waals surface area (Å²) in [5, 5.41) is 23.9. The normalized spacial score (nSPS) is 11.9. The van der Waals surface area contributed by atoms with Crippen LogP contribution in [-0.2, 0) is 0 Å². The van der Waals surface area contributed by atoms with Gasteiger partial charge in [-0.25, -0.2) is 4.98 Å². The van der Waals surface area contributed by atoms with E-state index in [0.29, 0.717) is 6.42 Å². The quantitative estimate of drug-likeness (QED) is 0.650. The second-order valence-corrected chi connectivity index (χ2v) is 5.97. The number of phenols is 1. The molecular formula is C14H15N3O4S. The van der Waals surface area contributed by atoms with Crippen molar-refractivity contribution in [1.82, 2.24) is 10.3 Å². The molecule has 0 radical (unpaired) electrons. The summed E-state index contributed by atoms with van der Waals surface area (Å²) in [7, 11) is 0. The number of aromatic nitrogens is 1. The average Bonchev–Trinajstić information content (AvgIpc) is 2.90. The van der Waals surface area contributed by atoms with Gasteiger partial charge < -0.3 is 10.4 Å². The van der Waals surface area contributed by atoms with Crippen LogP contribution in [0.5, 0.6) is 5.75 Å². The lowest BCUT2D eigenvalue weighted by Crippen LogP contribution is -2.28. The highest BCUT2D eigenvalue weighted by molar-refractivity contribution is 7.11. The molecule has 1 amide bonds. The second-order valence-electron chi connectivity index (χ2n) is 4.70. The SMILES string of the molecule is CCC(NC(=O)c1ccc([N+](=O)[O-])c(O)c1)c1ncc(C)s1. The van der Waals surface area contributed by atoms with Gasteiger partial charge in [-0.1, -0.05) is 6.92 Å². The maximum Gasteiger partial charge on any atom is 0.310 e. The van der Waals surface area contributed by atoms with E-state index >= 15 is 0 Å². The Labute approximate surface area is 130 Å². The number of aryl methyl sites for hydroxylation is 1. The zero-order valence-corrected chi connectivity index (χ0v) is 12.9. The summed E-state index contributed by atoms with van der Waals surface area (Å²) in [6.45, 7) is 3.86. The lowest BCUT2D eigenvalue weighted by Gasteiger charge is -2.14. The first-order valence-electron chi connectivity index (χ1n) is 6.63. The lowest BCUT2D eigenvalue weighted by atomic mass is 10.1. The summed E-state index contributed by atoms with van der Waals surface area (Å²) in [4.78, 5) is 27.5. The molecule has 2 N–H and O–H groups in total. The van der Waals surface area contributed by atoms with Crippen LogP contribution in [-0.4, -0.2) is 20.9 Å². The van der Waals surface area contributed by atoms with E-state index in [0.717, 1.165) is 22.0 Å².